The molecule has 0 aliphatic carbocycles. The van der Waals surface area contributed by atoms with E-state index in [1.165, 1.54) is 0 Å². The summed E-state index contributed by atoms with van der Waals surface area (Å²) in [6.07, 6.45) is 0.427. The van der Waals surface area contributed by atoms with Crippen LogP contribution in [0.2, 0.25) is 0 Å². The molecule has 1 amide bonds. The van der Waals surface area contributed by atoms with Crippen molar-refractivity contribution in [2.75, 3.05) is 18.6 Å². The maximum Gasteiger partial charge on any atom is 0.245 e. The van der Waals surface area contributed by atoms with Gasteiger partial charge in [0.1, 0.15) is 11.8 Å². The smallest absolute Gasteiger partial charge is 0.245 e. The molecule has 7 heteroatoms. The fourth-order valence-corrected chi connectivity index (χ4v) is 4.00. The van der Waals surface area contributed by atoms with Gasteiger partial charge in [-0.15, -0.1) is 0 Å². The summed E-state index contributed by atoms with van der Waals surface area (Å²) in [5.41, 5.74) is 1.70. The summed E-state index contributed by atoms with van der Waals surface area (Å²) in [6, 6.07) is 12.9. The van der Waals surface area contributed by atoms with Crippen molar-refractivity contribution in [2.24, 2.45) is 0 Å². The Morgan fingerprint density at radius 2 is 1.72 bits per heavy atom. The van der Waals surface area contributed by atoms with Crippen molar-refractivity contribution in [1.82, 2.24) is 4.72 Å². The number of nitrogens with zero attached hydrogens (tertiary/aromatic N) is 1. The minimum absolute atomic E-state index is 0.161. The Bertz CT molecular complexity index is 861. The van der Waals surface area contributed by atoms with Crippen molar-refractivity contribution in [3.8, 4) is 5.75 Å². The Balaban J connectivity index is 1.74. The molecular weight excluding hydrogens is 340 g/mol. The number of hydrogen-bond acceptors (Lipinski definition) is 4. The van der Waals surface area contributed by atoms with E-state index in [1.54, 1.807) is 60.5 Å². The van der Waals surface area contributed by atoms with Gasteiger partial charge in [0.05, 0.1) is 12.0 Å². The third-order valence-corrected chi connectivity index (χ3v) is 5.71. The molecule has 1 aliphatic rings. The number of rotatable bonds is 5. The molecule has 25 heavy (non-hydrogen) atoms. The van der Waals surface area contributed by atoms with Gasteiger partial charge in [-0.3, -0.25) is 4.79 Å². The highest BCUT2D eigenvalue weighted by molar-refractivity contribution is 7.89. The SMILES string of the molecule is COc1ccc(N2CC[C@H](NS(=O)(=O)c3ccc(C)cc3)C2=O)cc1. The average molecular weight is 360 g/mol. The lowest BCUT2D eigenvalue weighted by atomic mass is 10.2. The number of anilines is 1. The van der Waals surface area contributed by atoms with Gasteiger partial charge in [-0.1, -0.05) is 17.7 Å². The standard InChI is InChI=1S/C18H20N2O4S/c1-13-3-9-16(10-4-13)25(22,23)19-17-11-12-20(18(17)21)14-5-7-15(24-2)8-6-14/h3-10,17,19H,11-12H2,1-2H3/t17-/m0/s1. The third-order valence-electron chi connectivity index (χ3n) is 4.22. The first-order valence-electron chi connectivity index (χ1n) is 7.95. The van der Waals surface area contributed by atoms with Crippen molar-refractivity contribution in [3.05, 3.63) is 54.1 Å². The Hall–Kier alpha value is -2.38. The lowest BCUT2D eigenvalue weighted by molar-refractivity contribution is -0.118. The number of nitrogens with one attached hydrogen (secondary N) is 1. The van der Waals surface area contributed by atoms with Crippen LogP contribution in [0, 0.1) is 6.92 Å². The highest BCUT2D eigenvalue weighted by Gasteiger charge is 2.35. The lowest BCUT2D eigenvalue weighted by Crippen LogP contribution is -2.41. The summed E-state index contributed by atoms with van der Waals surface area (Å²) < 4.78 is 32.6. The molecule has 1 saturated heterocycles. The molecule has 1 aliphatic heterocycles. The number of carbonyl (C=O) groups excluding carboxylic acids is 1. The summed E-state index contributed by atoms with van der Waals surface area (Å²) in [6.45, 7) is 2.35. The molecule has 0 spiro atoms. The van der Waals surface area contributed by atoms with Crippen LogP contribution in [0.15, 0.2) is 53.4 Å². The molecule has 3 rings (SSSR count). The third kappa shape index (κ3) is 3.67. The number of benzene rings is 2. The first-order valence-corrected chi connectivity index (χ1v) is 9.43. The molecular formula is C18H20N2O4S. The van der Waals surface area contributed by atoms with Gasteiger partial charge in [0.25, 0.3) is 0 Å². The van der Waals surface area contributed by atoms with Gasteiger partial charge in [0, 0.05) is 12.2 Å². The van der Waals surface area contributed by atoms with Crippen molar-refractivity contribution in [2.45, 2.75) is 24.3 Å². The first-order chi connectivity index (χ1) is 11.9. The molecule has 1 N–H and O–H groups in total. The van der Waals surface area contributed by atoms with Crippen LogP contribution in [0.1, 0.15) is 12.0 Å². The van der Waals surface area contributed by atoms with E-state index >= 15 is 0 Å². The number of sulfonamides is 1. The largest absolute Gasteiger partial charge is 0.497 e. The first kappa shape index (κ1) is 17.4. The molecule has 2 aromatic rings. The predicted octanol–water partition coefficient (Wildman–Crippen LogP) is 2.09. The number of amides is 1. The normalized spacial score (nSPS) is 17.8. The van der Waals surface area contributed by atoms with E-state index in [-0.39, 0.29) is 10.8 Å². The van der Waals surface area contributed by atoms with Crippen molar-refractivity contribution < 1.29 is 17.9 Å². The molecule has 132 valence electrons. The predicted molar refractivity (Wildman–Crippen MR) is 95.3 cm³/mol. The summed E-state index contributed by atoms with van der Waals surface area (Å²) in [5, 5.41) is 0. The quantitative estimate of drug-likeness (QED) is 0.886. The molecule has 1 fully saturated rings. The van der Waals surface area contributed by atoms with Crippen molar-refractivity contribution in [1.29, 1.82) is 0 Å². The Morgan fingerprint density at radius 3 is 2.32 bits per heavy atom. The van der Waals surface area contributed by atoms with Gasteiger partial charge in [-0.2, -0.15) is 4.72 Å². The Labute approximate surface area is 147 Å². The van der Waals surface area contributed by atoms with Crippen LogP contribution in [-0.2, 0) is 14.8 Å². The van der Waals surface area contributed by atoms with E-state index < -0.39 is 16.1 Å². The topological polar surface area (TPSA) is 75.7 Å². The molecule has 0 bridgehead atoms. The molecule has 2 aromatic carbocycles. The van der Waals surface area contributed by atoms with Gasteiger partial charge in [0.2, 0.25) is 15.9 Å². The van der Waals surface area contributed by atoms with E-state index in [9.17, 15) is 13.2 Å². The zero-order chi connectivity index (χ0) is 18.0. The van der Waals surface area contributed by atoms with E-state index in [0.29, 0.717) is 18.7 Å². The van der Waals surface area contributed by atoms with Crippen LogP contribution in [-0.4, -0.2) is 34.0 Å². The van der Waals surface area contributed by atoms with Crippen molar-refractivity contribution in [3.63, 3.8) is 0 Å². The second kappa shape index (κ2) is 6.85. The fraction of sp³-hybridized carbons (Fsp3) is 0.278. The fourth-order valence-electron chi connectivity index (χ4n) is 2.78. The van der Waals surface area contributed by atoms with Gasteiger partial charge in [0.15, 0.2) is 0 Å². The molecule has 0 aromatic heterocycles. The number of ether oxygens (including phenoxy) is 1. The number of aryl methyl sites for hydroxylation is 1. The van der Waals surface area contributed by atoms with Gasteiger partial charge in [-0.25, -0.2) is 8.42 Å². The van der Waals surface area contributed by atoms with Crippen LogP contribution in [0.25, 0.3) is 0 Å². The number of hydrogen-bond donors (Lipinski definition) is 1. The van der Waals surface area contributed by atoms with E-state index in [1.807, 2.05) is 6.92 Å². The maximum absolute atomic E-state index is 12.6. The van der Waals surface area contributed by atoms with Crippen LogP contribution in [0.4, 0.5) is 5.69 Å². The van der Waals surface area contributed by atoms with Gasteiger partial charge in [-0.05, 0) is 49.7 Å². The van der Waals surface area contributed by atoms with E-state index in [0.717, 1.165) is 11.3 Å². The van der Waals surface area contributed by atoms with Crippen LogP contribution < -0.4 is 14.4 Å². The summed E-state index contributed by atoms with van der Waals surface area (Å²) in [7, 11) is -2.15. The van der Waals surface area contributed by atoms with Gasteiger partial charge >= 0.3 is 0 Å². The second-order valence-corrected chi connectivity index (χ2v) is 7.68. The highest BCUT2D eigenvalue weighted by atomic mass is 32.2. The molecule has 1 atom stereocenters. The molecule has 6 nitrogen and oxygen atoms in total. The average Bonchev–Trinajstić information content (AvgIpc) is 2.95. The molecule has 0 saturated carbocycles. The minimum Gasteiger partial charge on any atom is -0.497 e. The Morgan fingerprint density at radius 1 is 1.08 bits per heavy atom. The molecule has 0 unspecified atom stereocenters. The van der Waals surface area contributed by atoms with Gasteiger partial charge < -0.3 is 9.64 Å². The zero-order valence-corrected chi connectivity index (χ0v) is 14.9. The van der Waals surface area contributed by atoms with Crippen LogP contribution in [0.5, 0.6) is 5.75 Å². The number of methoxy groups -OCH3 is 1. The summed E-state index contributed by atoms with van der Waals surface area (Å²) >= 11 is 0. The van der Waals surface area contributed by atoms with Crippen molar-refractivity contribution >= 4 is 21.6 Å². The monoisotopic (exact) mass is 360 g/mol. The van der Waals surface area contributed by atoms with Crippen LogP contribution >= 0.6 is 0 Å². The second-order valence-electron chi connectivity index (χ2n) is 5.96. The van der Waals surface area contributed by atoms with Crippen LogP contribution in [0.3, 0.4) is 0 Å². The molecule has 0 radical (unpaired) electrons. The maximum atomic E-state index is 12.6. The summed E-state index contributed by atoms with van der Waals surface area (Å²) in [5.74, 6) is 0.452. The zero-order valence-electron chi connectivity index (χ0n) is 14.1. The van der Waals surface area contributed by atoms with E-state index in [4.69, 9.17) is 4.74 Å². The lowest BCUT2D eigenvalue weighted by Gasteiger charge is -2.17. The van der Waals surface area contributed by atoms with E-state index in [2.05, 4.69) is 4.72 Å². The Kier molecular flexibility index (Phi) is 4.78. The molecule has 1 heterocycles. The minimum atomic E-state index is -3.73. The highest BCUT2D eigenvalue weighted by Crippen LogP contribution is 2.25. The number of carbonyl (C=O) groups is 1. The summed E-state index contributed by atoms with van der Waals surface area (Å²) in [4.78, 5) is 14.3.